The van der Waals surface area contributed by atoms with E-state index in [-0.39, 0.29) is 17.2 Å². The van der Waals surface area contributed by atoms with E-state index in [0.29, 0.717) is 32.2 Å². The highest BCUT2D eigenvalue weighted by Crippen LogP contribution is 2.35. The second kappa shape index (κ2) is 13.5. The normalized spacial score (nSPS) is 26.4. The summed E-state index contributed by atoms with van der Waals surface area (Å²) in [5.74, 6) is -2.68. The number of allylic oxidation sites excluding steroid dienone is 2. The maximum absolute atomic E-state index is 13.5. The summed E-state index contributed by atoms with van der Waals surface area (Å²) < 4.78 is 36.9. The first kappa shape index (κ1) is 29.3. The van der Waals surface area contributed by atoms with Crippen LogP contribution in [0.5, 0.6) is 0 Å². The molecule has 2 amide bonds. The van der Waals surface area contributed by atoms with Gasteiger partial charge in [0.25, 0.3) is 10.1 Å². The van der Waals surface area contributed by atoms with Crippen molar-refractivity contribution >= 4 is 43.8 Å². The van der Waals surface area contributed by atoms with Crippen molar-refractivity contribution in [3.63, 3.8) is 0 Å². The predicted molar refractivity (Wildman–Crippen MR) is 141 cm³/mol. The van der Waals surface area contributed by atoms with E-state index in [9.17, 15) is 22.8 Å². The lowest BCUT2D eigenvalue weighted by Crippen LogP contribution is -2.51. The van der Waals surface area contributed by atoms with Crippen molar-refractivity contribution < 1.29 is 31.7 Å². The number of ether oxygens (including phenoxy) is 1. The van der Waals surface area contributed by atoms with Crippen molar-refractivity contribution in [2.75, 3.05) is 20.7 Å². The number of carbonyl (C=O) groups is 3. The molecule has 4 unspecified atom stereocenters. The third-order valence-electron chi connectivity index (χ3n) is 6.90. The number of fused-ring (bicyclic) bond motifs is 1. The van der Waals surface area contributed by atoms with Crippen LogP contribution >= 0.6 is 15.9 Å². The molecular formula is C26H35BrN2O7S. The molecule has 1 aromatic carbocycles. The van der Waals surface area contributed by atoms with Crippen LogP contribution in [0.1, 0.15) is 51.4 Å². The van der Waals surface area contributed by atoms with Crippen molar-refractivity contribution in [2.45, 2.75) is 68.4 Å². The van der Waals surface area contributed by atoms with Crippen LogP contribution in [-0.4, -0.2) is 63.9 Å². The van der Waals surface area contributed by atoms with Gasteiger partial charge in [0.2, 0.25) is 11.8 Å². The van der Waals surface area contributed by atoms with Crippen molar-refractivity contribution in [1.82, 2.24) is 10.2 Å². The predicted octanol–water partition coefficient (Wildman–Crippen LogP) is 3.58. The topological polar surface area (TPSA) is 119 Å². The molecule has 0 radical (unpaired) electrons. The molecule has 2 aliphatic rings. The summed E-state index contributed by atoms with van der Waals surface area (Å²) in [5.41, 5.74) is 0. The Balaban J connectivity index is 1.84. The first-order chi connectivity index (χ1) is 17.6. The Morgan fingerprint density at radius 2 is 1.73 bits per heavy atom. The molecule has 1 saturated carbocycles. The fraction of sp³-hybridized carbons (Fsp3) is 0.577. The molecule has 0 aromatic heterocycles. The van der Waals surface area contributed by atoms with Gasteiger partial charge in [-0.1, -0.05) is 28.1 Å². The number of nitrogens with one attached hydrogen (secondary N) is 1. The van der Waals surface area contributed by atoms with Gasteiger partial charge in [-0.05, 0) is 75.6 Å². The zero-order valence-corrected chi connectivity index (χ0v) is 23.6. The minimum absolute atomic E-state index is 0.0129. The number of halogens is 1. The fourth-order valence-electron chi connectivity index (χ4n) is 4.81. The maximum atomic E-state index is 13.5. The molecule has 1 N–H and O–H groups in total. The van der Waals surface area contributed by atoms with Gasteiger partial charge in [-0.25, -0.2) is 4.79 Å². The molecule has 0 bridgehead atoms. The summed E-state index contributed by atoms with van der Waals surface area (Å²) in [4.78, 5) is 40.9. The smallest absolute Gasteiger partial charge is 0.328 e. The van der Waals surface area contributed by atoms with Gasteiger partial charge in [0, 0.05) is 24.0 Å². The molecule has 204 valence electrons. The van der Waals surface area contributed by atoms with Gasteiger partial charge in [0.15, 0.2) is 0 Å². The van der Waals surface area contributed by atoms with E-state index in [1.807, 2.05) is 12.2 Å². The molecule has 1 heterocycles. The molecular weight excluding hydrogens is 564 g/mol. The lowest BCUT2D eigenvalue weighted by Gasteiger charge is -2.36. The molecule has 0 saturated heterocycles. The van der Waals surface area contributed by atoms with Crippen LogP contribution in [0.25, 0.3) is 0 Å². The van der Waals surface area contributed by atoms with Gasteiger partial charge in [0.1, 0.15) is 6.04 Å². The molecule has 3 rings (SSSR count). The monoisotopic (exact) mass is 598 g/mol. The highest BCUT2D eigenvalue weighted by atomic mass is 79.9. The number of amides is 2. The van der Waals surface area contributed by atoms with E-state index in [0.717, 1.165) is 23.7 Å². The number of methoxy groups -OCH3 is 1. The summed E-state index contributed by atoms with van der Waals surface area (Å²) in [6, 6.07) is 5.23. The van der Waals surface area contributed by atoms with Crippen LogP contribution in [0.3, 0.4) is 0 Å². The van der Waals surface area contributed by atoms with Crippen molar-refractivity contribution in [2.24, 2.45) is 11.8 Å². The number of nitrogens with zero attached hydrogens (tertiary/aromatic N) is 1. The van der Waals surface area contributed by atoms with Crippen LogP contribution in [-0.2, 0) is 33.4 Å². The first-order valence-corrected chi connectivity index (χ1v) is 14.8. The molecule has 0 spiro atoms. The Labute approximate surface area is 227 Å². The second-order valence-corrected chi connectivity index (χ2v) is 12.0. The summed E-state index contributed by atoms with van der Waals surface area (Å²) in [5, 5.41) is 2.76. The van der Waals surface area contributed by atoms with Crippen molar-refractivity contribution in [3.05, 3.63) is 40.9 Å². The highest BCUT2D eigenvalue weighted by molar-refractivity contribution is 9.10. The third kappa shape index (κ3) is 8.12. The zero-order valence-electron chi connectivity index (χ0n) is 21.2. The van der Waals surface area contributed by atoms with Crippen molar-refractivity contribution in [3.8, 4) is 0 Å². The largest absolute Gasteiger partial charge is 0.467 e. The Kier molecular flexibility index (Phi) is 10.7. The molecule has 37 heavy (non-hydrogen) atoms. The average molecular weight is 600 g/mol. The van der Waals surface area contributed by atoms with Gasteiger partial charge in [-0.15, -0.1) is 0 Å². The molecule has 4 atom stereocenters. The standard InChI is InChI=1S/C26H35BrN2O7S/c1-29-16-8-6-4-3-5-7-9-23(26(32)35-2)28-24(30)22-17-19(12-15-21(22)25(29)31)36-37(33,34)20-13-10-18(27)11-14-20/h3,5,10-11,13-14,19,21-23H,4,6-9,12,15-17H2,1-2H3,(H,28,30). The van der Waals surface area contributed by atoms with Crippen LogP contribution in [0.2, 0.25) is 0 Å². The number of hydrogen-bond donors (Lipinski definition) is 1. The van der Waals surface area contributed by atoms with E-state index in [2.05, 4.69) is 21.2 Å². The SMILES string of the molecule is COC(=O)C1CCC=CCCCCN(C)C(=O)C2CCC(OS(=O)(=O)c3ccc(Br)cc3)CC2C(=O)N1. The first-order valence-electron chi connectivity index (χ1n) is 12.6. The number of rotatable bonds is 4. The summed E-state index contributed by atoms with van der Waals surface area (Å²) in [6.45, 7) is 0.570. The Morgan fingerprint density at radius 3 is 2.43 bits per heavy atom. The van der Waals surface area contributed by atoms with Crippen LogP contribution in [0.15, 0.2) is 45.8 Å². The third-order valence-corrected chi connectivity index (χ3v) is 8.81. The summed E-state index contributed by atoms with van der Waals surface area (Å²) in [6.07, 6.45) is 7.47. The number of esters is 1. The number of carbonyl (C=O) groups excluding carboxylic acids is 3. The molecule has 1 aromatic rings. The lowest BCUT2D eigenvalue weighted by atomic mass is 9.76. The highest BCUT2D eigenvalue weighted by Gasteiger charge is 2.43. The molecule has 11 heteroatoms. The van der Waals surface area contributed by atoms with E-state index >= 15 is 0 Å². The van der Waals surface area contributed by atoms with E-state index in [1.165, 1.54) is 19.2 Å². The molecule has 1 fully saturated rings. The maximum Gasteiger partial charge on any atom is 0.328 e. The van der Waals surface area contributed by atoms with Gasteiger partial charge in [0.05, 0.1) is 24.0 Å². The quantitative estimate of drug-likeness (QED) is 0.319. The Morgan fingerprint density at radius 1 is 1.03 bits per heavy atom. The van der Waals surface area contributed by atoms with Gasteiger partial charge in [-0.2, -0.15) is 8.42 Å². The number of hydrogen-bond acceptors (Lipinski definition) is 7. The minimum Gasteiger partial charge on any atom is -0.467 e. The fourth-order valence-corrected chi connectivity index (χ4v) is 6.19. The van der Waals surface area contributed by atoms with Crippen molar-refractivity contribution in [1.29, 1.82) is 0 Å². The number of benzene rings is 1. The minimum atomic E-state index is -4.07. The summed E-state index contributed by atoms with van der Waals surface area (Å²) in [7, 11) is -1.08. The van der Waals surface area contributed by atoms with E-state index < -0.39 is 46.0 Å². The molecule has 1 aliphatic carbocycles. The molecule has 9 nitrogen and oxygen atoms in total. The Bertz CT molecular complexity index is 1090. The van der Waals surface area contributed by atoms with Gasteiger partial charge in [-0.3, -0.25) is 13.8 Å². The van der Waals surface area contributed by atoms with Gasteiger partial charge < -0.3 is 15.0 Å². The van der Waals surface area contributed by atoms with Crippen LogP contribution in [0, 0.1) is 11.8 Å². The zero-order chi connectivity index (χ0) is 27.0. The second-order valence-electron chi connectivity index (χ2n) is 9.54. The molecule has 1 aliphatic heterocycles. The van der Waals surface area contributed by atoms with Gasteiger partial charge >= 0.3 is 5.97 Å². The summed E-state index contributed by atoms with van der Waals surface area (Å²) >= 11 is 3.28. The Hall–Kier alpha value is -2.24. The average Bonchev–Trinajstić information content (AvgIpc) is 2.88. The van der Waals surface area contributed by atoms with E-state index in [4.69, 9.17) is 8.92 Å². The lowest BCUT2D eigenvalue weighted by molar-refractivity contribution is -0.148. The van der Waals surface area contributed by atoms with Crippen LogP contribution < -0.4 is 5.32 Å². The van der Waals surface area contributed by atoms with E-state index in [1.54, 1.807) is 24.1 Å². The van der Waals surface area contributed by atoms with Crippen LogP contribution in [0.4, 0.5) is 0 Å².